The topological polar surface area (TPSA) is 49.9 Å². The molecule has 0 aromatic heterocycles. The Morgan fingerprint density at radius 3 is 2.92 bits per heavy atom. The highest BCUT2D eigenvalue weighted by atomic mass is 19.1. The third-order valence-electron chi connectivity index (χ3n) is 5.81. The van der Waals surface area contributed by atoms with Crippen molar-refractivity contribution in [1.29, 1.82) is 0 Å². The van der Waals surface area contributed by atoms with Crippen LogP contribution in [0, 0.1) is 17.2 Å². The highest BCUT2D eigenvalue weighted by molar-refractivity contribution is 5.87. The SMILES string of the molecule is O=C([C@@H]1CCOC1)N1CC[C@@]2(CCN(Cc3cccc(F)c3)C2=O)C1. The summed E-state index contributed by atoms with van der Waals surface area (Å²) in [6.07, 6.45) is 2.28. The molecule has 0 bridgehead atoms. The highest BCUT2D eigenvalue weighted by Crippen LogP contribution is 2.41. The van der Waals surface area contributed by atoms with Gasteiger partial charge in [-0.25, -0.2) is 4.39 Å². The monoisotopic (exact) mass is 346 g/mol. The normalized spacial score (nSPS) is 29.2. The lowest BCUT2D eigenvalue weighted by atomic mass is 9.85. The van der Waals surface area contributed by atoms with Crippen molar-refractivity contribution in [2.45, 2.75) is 25.8 Å². The molecule has 134 valence electrons. The molecule has 0 aliphatic carbocycles. The number of ether oxygens (including phenoxy) is 1. The minimum atomic E-state index is -0.442. The Hall–Kier alpha value is -1.95. The van der Waals surface area contributed by atoms with Crippen molar-refractivity contribution in [3.05, 3.63) is 35.6 Å². The second-order valence-electron chi connectivity index (χ2n) is 7.46. The molecule has 0 radical (unpaired) electrons. The van der Waals surface area contributed by atoms with Gasteiger partial charge in [0.1, 0.15) is 5.82 Å². The maximum absolute atomic E-state index is 13.4. The van der Waals surface area contributed by atoms with E-state index in [4.69, 9.17) is 4.74 Å². The molecule has 1 aromatic rings. The van der Waals surface area contributed by atoms with E-state index >= 15 is 0 Å². The van der Waals surface area contributed by atoms with Crippen LogP contribution in [0.3, 0.4) is 0 Å². The first-order valence-corrected chi connectivity index (χ1v) is 8.98. The fourth-order valence-electron chi connectivity index (χ4n) is 4.33. The van der Waals surface area contributed by atoms with Crippen LogP contribution in [0.1, 0.15) is 24.8 Å². The summed E-state index contributed by atoms with van der Waals surface area (Å²) in [7, 11) is 0. The van der Waals surface area contributed by atoms with E-state index in [9.17, 15) is 14.0 Å². The lowest BCUT2D eigenvalue weighted by Crippen LogP contribution is -2.40. The fraction of sp³-hybridized carbons (Fsp3) is 0.579. The van der Waals surface area contributed by atoms with Gasteiger partial charge in [0.25, 0.3) is 0 Å². The number of halogens is 1. The fourth-order valence-corrected chi connectivity index (χ4v) is 4.33. The van der Waals surface area contributed by atoms with Crippen LogP contribution in [0.2, 0.25) is 0 Å². The summed E-state index contributed by atoms with van der Waals surface area (Å²) in [5, 5.41) is 0. The summed E-state index contributed by atoms with van der Waals surface area (Å²) >= 11 is 0. The molecule has 1 spiro atoms. The van der Waals surface area contributed by atoms with E-state index in [0.29, 0.717) is 39.4 Å². The van der Waals surface area contributed by atoms with Crippen LogP contribution >= 0.6 is 0 Å². The van der Waals surface area contributed by atoms with Crippen LogP contribution in [0.5, 0.6) is 0 Å². The third-order valence-corrected chi connectivity index (χ3v) is 5.81. The Labute approximate surface area is 146 Å². The number of rotatable bonds is 3. The van der Waals surface area contributed by atoms with Crippen molar-refractivity contribution in [3.63, 3.8) is 0 Å². The van der Waals surface area contributed by atoms with Gasteiger partial charge < -0.3 is 14.5 Å². The van der Waals surface area contributed by atoms with Gasteiger partial charge in [-0.1, -0.05) is 12.1 Å². The van der Waals surface area contributed by atoms with Crippen LogP contribution in [-0.2, 0) is 20.9 Å². The quantitative estimate of drug-likeness (QED) is 0.839. The number of hydrogen-bond acceptors (Lipinski definition) is 3. The largest absolute Gasteiger partial charge is 0.381 e. The first-order chi connectivity index (χ1) is 12.1. The molecule has 6 heteroatoms. The van der Waals surface area contributed by atoms with E-state index in [2.05, 4.69) is 0 Å². The van der Waals surface area contributed by atoms with Gasteiger partial charge in [-0.2, -0.15) is 0 Å². The van der Waals surface area contributed by atoms with Gasteiger partial charge in [0.05, 0.1) is 17.9 Å². The third kappa shape index (κ3) is 3.03. The molecule has 5 nitrogen and oxygen atoms in total. The van der Waals surface area contributed by atoms with Crippen LogP contribution in [0.25, 0.3) is 0 Å². The smallest absolute Gasteiger partial charge is 0.231 e. The minimum absolute atomic E-state index is 0.0462. The molecule has 0 N–H and O–H groups in total. The van der Waals surface area contributed by atoms with Crippen molar-refractivity contribution < 1.29 is 18.7 Å². The van der Waals surface area contributed by atoms with Crippen LogP contribution in [-0.4, -0.2) is 54.5 Å². The maximum atomic E-state index is 13.4. The number of benzene rings is 1. The molecule has 3 fully saturated rings. The lowest BCUT2D eigenvalue weighted by Gasteiger charge is -2.25. The van der Waals surface area contributed by atoms with E-state index < -0.39 is 5.41 Å². The lowest BCUT2D eigenvalue weighted by molar-refractivity contribution is -0.138. The van der Waals surface area contributed by atoms with Gasteiger partial charge in [-0.05, 0) is 37.0 Å². The molecule has 3 aliphatic rings. The maximum Gasteiger partial charge on any atom is 0.231 e. The molecule has 25 heavy (non-hydrogen) atoms. The van der Waals surface area contributed by atoms with Crippen LogP contribution in [0.4, 0.5) is 4.39 Å². The molecule has 2 atom stereocenters. The van der Waals surface area contributed by atoms with E-state index in [-0.39, 0.29) is 23.5 Å². The first kappa shape index (κ1) is 16.5. The number of hydrogen-bond donors (Lipinski definition) is 0. The molecule has 3 aliphatic heterocycles. The number of carbonyl (C=O) groups is 2. The Morgan fingerprint density at radius 2 is 2.16 bits per heavy atom. The van der Waals surface area contributed by atoms with Crippen molar-refractivity contribution >= 4 is 11.8 Å². The number of likely N-dealkylation sites (tertiary alicyclic amines) is 2. The van der Waals surface area contributed by atoms with Crippen LogP contribution in [0.15, 0.2) is 24.3 Å². The first-order valence-electron chi connectivity index (χ1n) is 8.98. The Balaban J connectivity index is 1.42. The minimum Gasteiger partial charge on any atom is -0.381 e. The van der Waals surface area contributed by atoms with Crippen molar-refractivity contribution in [2.75, 3.05) is 32.8 Å². The second-order valence-corrected chi connectivity index (χ2v) is 7.46. The van der Waals surface area contributed by atoms with Gasteiger partial charge in [0.2, 0.25) is 11.8 Å². The highest BCUT2D eigenvalue weighted by Gasteiger charge is 2.52. The van der Waals surface area contributed by atoms with Crippen molar-refractivity contribution in [1.82, 2.24) is 9.80 Å². The average Bonchev–Trinajstić information content (AvgIpc) is 3.33. The van der Waals surface area contributed by atoms with E-state index in [1.165, 1.54) is 12.1 Å². The van der Waals surface area contributed by atoms with Gasteiger partial charge in [-0.15, -0.1) is 0 Å². The van der Waals surface area contributed by atoms with E-state index in [0.717, 1.165) is 24.8 Å². The molecular weight excluding hydrogens is 323 g/mol. The molecule has 4 rings (SSSR count). The molecular formula is C19H23FN2O3. The zero-order valence-electron chi connectivity index (χ0n) is 14.2. The predicted molar refractivity (Wildman–Crippen MR) is 89.0 cm³/mol. The molecule has 1 aromatic carbocycles. The Morgan fingerprint density at radius 1 is 1.32 bits per heavy atom. The average molecular weight is 346 g/mol. The van der Waals surface area contributed by atoms with E-state index in [1.54, 1.807) is 11.0 Å². The standard InChI is InChI=1S/C19H23FN2O3/c20-16-3-1-2-14(10-16)11-21-7-5-19(18(21)24)6-8-22(13-19)17(23)15-4-9-25-12-15/h1-3,10,15H,4-9,11-13H2/t15-,19+/m1/s1. The molecule has 0 saturated carbocycles. The number of carbonyl (C=O) groups excluding carboxylic acids is 2. The molecule has 3 heterocycles. The Bertz CT molecular complexity index is 689. The van der Waals surface area contributed by atoms with Crippen molar-refractivity contribution in [2.24, 2.45) is 11.3 Å². The van der Waals surface area contributed by atoms with Crippen molar-refractivity contribution in [3.8, 4) is 0 Å². The summed E-state index contributed by atoms with van der Waals surface area (Å²) in [6, 6.07) is 6.39. The van der Waals surface area contributed by atoms with Gasteiger partial charge in [0.15, 0.2) is 0 Å². The molecule has 0 unspecified atom stereocenters. The summed E-state index contributed by atoms with van der Waals surface area (Å²) in [4.78, 5) is 29.2. The summed E-state index contributed by atoms with van der Waals surface area (Å²) in [5.41, 5.74) is 0.363. The summed E-state index contributed by atoms with van der Waals surface area (Å²) in [5.74, 6) is -0.0918. The molecule has 2 amide bonds. The van der Waals surface area contributed by atoms with Crippen LogP contribution < -0.4 is 0 Å². The van der Waals surface area contributed by atoms with Gasteiger partial charge in [0, 0.05) is 32.8 Å². The second kappa shape index (κ2) is 6.41. The van der Waals surface area contributed by atoms with Gasteiger partial charge >= 0.3 is 0 Å². The predicted octanol–water partition coefficient (Wildman–Crippen LogP) is 1.81. The molecule has 3 saturated heterocycles. The zero-order chi connectivity index (χ0) is 17.4. The van der Waals surface area contributed by atoms with E-state index in [1.807, 2.05) is 11.0 Å². The number of nitrogens with zero attached hydrogens (tertiary/aromatic N) is 2. The summed E-state index contributed by atoms with van der Waals surface area (Å²) < 4.78 is 18.7. The summed E-state index contributed by atoms with van der Waals surface area (Å²) in [6.45, 7) is 3.42. The Kier molecular flexibility index (Phi) is 4.23. The zero-order valence-corrected chi connectivity index (χ0v) is 14.2. The number of amides is 2. The van der Waals surface area contributed by atoms with Gasteiger partial charge in [-0.3, -0.25) is 9.59 Å².